The van der Waals surface area contributed by atoms with Crippen LogP contribution in [-0.4, -0.2) is 35.0 Å². The number of benzene rings is 2. The fourth-order valence-corrected chi connectivity index (χ4v) is 4.57. The summed E-state index contributed by atoms with van der Waals surface area (Å²) in [6, 6.07) is 8.36. The summed E-state index contributed by atoms with van der Waals surface area (Å²) >= 11 is 2.64. The molecule has 0 unspecified atom stereocenters. The van der Waals surface area contributed by atoms with Crippen molar-refractivity contribution in [3.05, 3.63) is 63.9 Å². The molecule has 2 aromatic heterocycles. The van der Waals surface area contributed by atoms with Crippen molar-refractivity contribution >= 4 is 33.4 Å². The summed E-state index contributed by atoms with van der Waals surface area (Å²) in [5, 5.41) is 0. The number of halogens is 2. The Kier molecular flexibility index (Phi) is 5.92. The molecule has 0 aliphatic carbocycles. The van der Waals surface area contributed by atoms with E-state index in [2.05, 4.69) is 9.97 Å². The third kappa shape index (κ3) is 4.00. The van der Waals surface area contributed by atoms with Crippen molar-refractivity contribution in [1.29, 1.82) is 0 Å². The summed E-state index contributed by atoms with van der Waals surface area (Å²) in [5.74, 6) is -0.341. The molecule has 0 aliphatic rings. The molecule has 0 bridgehead atoms. The average Bonchev–Trinajstić information content (AvgIpc) is 3.19. The Morgan fingerprint density at radius 3 is 2.58 bits per heavy atom. The maximum Gasteiger partial charge on any atom is 0.281 e. The SMILES string of the molecule is COc1ccc(Cn2c(-c3ccc(F)cc3F)nc3sc(SC)nc3c2=O)c(OC)c1. The summed E-state index contributed by atoms with van der Waals surface area (Å²) in [6.45, 7) is 0.0488. The van der Waals surface area contributed by atoms with Crippen molar-refractivity contribution in [3.8, 4) is 22.9 Å². The van der Waals surface area contributed by atoms with Crippen LogP contribution in [0.4, 0.5) is 8.78 Å². The van der Waals surface area contributed by atoms with Crippen LogP contribution in [0.3, 0.4) is 0 Å². The van der Waals surface area contributed by atoms with Crippen molar-refractivity contribution in [2.75, 3.05) is 20.5 Å². The van der Waals surface area contributed by atoms with Gasteiger partial charge in [0, 0.05) is 17.7 Å². The lowest BCUT2D eigenvalue weighted by Crippen LogP contribution is -2.24. The Morgan fingerprint density at radius 1 is 1.10 bits per heavy atom. The van der Waals surface area contributed by atoms with Gasteiger partial charge in [-0.05, 0) is 30.5 Å². The van der Waals surface area contributed by atoms with Crippen molar-refractivity contribution < 1.29 is 18.3 Å². The average molecular weight is 462 g/mol. The number of hydrogen-bond acceptors (Lipinski definition) is 7. The van der Waals surface area contributed by atoms with Gasteiger partial charge in [0.2, 0.25) is 0 Å². The first-order valence-electron chi connectivity index (χ1n) is 9.06. The molecule has 4 rings (SSSR count). The predicted octanol–water partition coefficient (Wildman–Crippen LogP) is 4.59. The van der Waals surface area contributed by atoms with E-state index >= 15 is 0 Å². The summed E-state index contributed by atoms with van der Waals surface area (Å²) < 4.78 is 40.8. The maximum atomic E-state index is 14.6. The third-order valence-electron chi connectivity index (χ3n) is 4.67. The Bertz CT molecular complexity index is 1340. The van der Waals surface area contributed by atoms with Crippen LogP contribution < -0.4 is 15.0 Å². The van der Waals surface area contributed by atoms with Gasteiger partial charge in [0.25, 0.3) is 5.56 Å². The number of aromatic nitrogens is 3. The van der Waals surface area contributed by atoms with E-state index in [-0.39, 0.29) is 23.4 Å². The minimum Gasteiger partial charge on any atom is -0.497 e. The zero-order valence-electron chi connectivity index (χ0n) is 16.8. The summed E-state index contributed by atoms with van der Waals surface area (Å²) in [6.07, 6.45) is 1.85. The lowest BCUT2D eigenvalue weighted by atomic mass is 10.1. The first kappa shape index (κ1) is 21.3. The Morgan fingerprint density at radius 2 is 1.90 bits per heavy atom. The van der Waals surface area contributed by atoms with E-state index in [0.717, 1.165) is 12.1 Å². The lowest BCUT2D eigenvalue weighted by molar-refractivity contribution is 0.390. The van der Waals surface area contributed by atoms with E-state index in [4.69, 9.17) is 9.47 Å². The summed E-state index contributed by atoms with van der Waals surface area (Å²) in [5.41, 5.74) is 0.467. The first-order valence-corrected chi connectivity index (χ1v) is 11.1. The quantitative estimate of drug-likeness (QED) is 0.392. The lowest BCUT2D eigenvalue weighted by Gasteiger charge is -2.15. The molecule has 31 heavy (non-hydrogen) atoms. The van der Waals surface area contributed by atoms with E-state index in [1.54, 1.807) is 18.2 Å². The highest BCUT2D eigenvalue weighted by atomic mass is 32.2. The third-order valence-corrected chi connectivity index (χ3v) is 6.60. The van der Waals surface area contributed by atoms with Crippen molar-refractivity contribution in [1.82, 2.24) is 14.5 Å². The molecule has 0 aliphatic heterocycles. The van der Waals surface area contributed by atoms with Gasteiger partial charge in [-0.1, -0.05) is 23.1 Å². The normalized spacial score (nSPS) is 11.1. The van der Waals surface area contributed by atoms with Crippen LogP contribution in [0.25, 0.3) is 21.7 Å². The monoisotopic (exact) mass is 461 g/mol. The standard InChI is InChI=1S/C21H17F2N3O3S2/c1-28-13-6-4-11(16(9-13)29-2)10-26-18(14-7-5-12(22)8-15(14)23)25-19-17(20(26)27)24-21(30-3)31-19/h4-9H,10H2,1-3H3. The molecule has 0 amide bonds. The van der Waals surface area contributed by atoms with Gasteiger partial charge in [0.05, 0.1) is 26.3 Å². The molecule has 4 aromatic rings. The molecule has 10 heteroatoms. The molecule has 0 atom stereocenters. The van der Waals surface area contributed by atoms with Crippen LogP contribution in [0.1, 0.15) is 5.56 Å². The second-order valence-electron chi connectivity index (χ2n) is 6.47. The second kappa shape index (κ2) is 8.64. The fraction of sp³-hybridized carbons (Fsp3) is 0.190. The Hall–Kier alpha value is -2.98. The largest absolute Gasteiger partial charge is 0.497 e. The number of ether oxygens (including phenoxy) is 2. The second-order valence-corrected chi connectivity index (χ2v) is 8.50. The van der Waals surface area contributed by atoms with Crippen LogP contribution in [0, 0.1) is 11.6 Å². The van der Waals surface area contributed by atoms with Gasteiger partial charge in [0.15, 0.2) is 14.7 Å². The van der Waals surface area contributed by atoms with Crippen molar-refractivity contribution in [2.24, 2.45) is 0 Å². The van der Waals surface area contributed by atoms with E-state index < -0.39 is 17.2 Å². The smallest absolute Gasteiger partial charge is 0.281 e. The molecular formula is C21H17F2N3O3S2. The molecule has 0 saturated heterocycles. The molecule has 0 spiro atoms. The highest BCUT2D eigenvalue weighted by molar-refractivity contribution is 8.00. The number of rotatable bonds is 6. The van der Waals surface area contributed by atoms with Crippen LogP contribution in [0.15, 0.2) is 45.5 Å². The van der Waals surface area contributed by atoms with Crippen LogP contribution in [0.2, 0.25) is 0 Å². The zero-order chi connectivity index (χ0) is 22.1. The number of fused-ring (bicyclic) bond motifs is 1. The van der Waals surface area contributed by atoms with Gasteiger partial charge in [0.1, 0.15) is 29.0 Å². The van der Waals surface area contributed by atoms with Gasteiger partial charge in [-0.3, -0.25) is 9.36 Å². The molecular weight excluding hydrogens is 444 g/mol. The number of hydrogen-bond donors (Lipinski definition) is 0. The number of thioether (sulfide) groups is 1. The van der Waals surface area contributed by atoms with Gasteiger partial charge < -0.3 is 9.47 Å². The van der Waals surface area contributed by atoms with E-state index in [0.29, 0.717) is 26.2 Å². The fourth-order valence-electron chi connectivity index (χ4n) is 3.15. The van der Waals surface area contributed by atoms with Crippen molar-refractivity contribution in [3.63, 3.8) is 0 Å². The minimum atomic E-state index is -0.809. The topological polar surface area (TPSA) is 66.2 Å². The van der Waals surface area contributed by atoms with Crippen LogP contribution in [-0.2, 0) is 6.54 Å². The van der Waals surface area contributed by atoms with Gasteiger partial charge in [-0.2, -0.15) is 0 Å². The molecule has 0 N–H and O–H groups in total. The van der Waals surface area contributed by atoms with Gasteiger partial charge >= 0.3 is 0 Å². The van der Waals surface area contributed by atoms with E-state index in [1.165, 1.54) is 48.0 Å². The predicted molar refractivity (Wildman–Crippen MR) is 117 cm³/mol. The summed E-state index contributed by atoms with van der Waals surface area (Å²) in [4.78, 5) is 22.6. The highest BCUT2D eigenvalue weighted by Crippen LogP contribution is 2.30. The first-order chi connectivity index (χ1) is 14.9. The highest BCUT2D eigenvalue weighted by Gasteiger charge is 2.20. The molecule has 0 fully saturated rings. The van der Waals surface area contributed by atoms with E-state index in [1.807, 2.05) is 6.26 Å². The Labute approximate surface area is 184 Å². The van der Waals surface area contributed by atoms with Crippen LogP contribution >= 0.6 is 23.1 Å². The molecule has 0 saturated carbocycles. The molecule has 160 valence electrons. The summed E-state index contributed by atoms with van der Waals surface area (Å²) in [7, 11) is 3.05. The maximum absolute atomic E-state index is 14.6. The zero-order valence-corrected chi connectivity index (χ0v) is 18.4. The molecule has 2 aromatic carbocycles. The van der Waals surface area contributed by atoms with Crippen LogP contribution in [0.5, 0.6) is 11.5 Å². The van der Waals surface area contributed by atoms with Gasteiger partial charge in [-0.25, -0.2) is 18.7 Å². The Balaban J connectivity index is 1.96. The minimum absolute atomic E-state index is 0.0204. The number of methoxy groups -OCH3 is 2. The van der Waals surface area contributed by atoms with E-state index in [9.17, 15) is 13.6 Å². The molecule has 0 radical (unpaired) electrons. The molecule has 2 heterocycles. The van der Waals surface area contributed by atoms with Crippen molar-refractivity contribution in [2.45, 2.75) is 10.9 Å². The number of nitrogens with zero attached hydrogens (tertiary/aromatic N) is 3. The number of thiazole rings is 1. The van der Waals surface area contributed by atoms with Gasteiger partial charge in [-0.15, -0.1) is 0 Å². The molecule has 6 nitrogen and oxygen atoms in total.